The van der Waals surface area contributed by atoms with E-state index in [1.807, 2.05) is 37.8 Å². The summed E-state index contributed by atoms with van der Waals surface area (Å²) in [6.07, 6.45) is 5.24. The number of rotatable bonds is 8. The molecule has 0 bridgehead atoms. The van der Waals surface area contributed by atoms with Gasteiger partial charge < -0.3 is 15.0 Å². The zero-order chi connectivity index (χ0) is 22.5. The monoisotopic (exact) mass is 436 g/mol. The lowest BCUT2D eigenvalue weighted by Crippen LogP contribution is -2.45. The van der Waals surface area contributed by atoms with Crippen molar-refractivity contribution in [3.05, 3.63) is 30.9 Å². The van der Waals surface area contributed by atoms with E-state index in [9.17, 15) is 9.00 Å². The van der Waals surface area contributed by atoms with Crippen molar-refractivity contribution in [3.63, 3.8) is 0 Å². The number of nitrogens with one attached hydrogen (secondary N) is 1. The Kier molecular flexibility index (Phi) is 8.05. The van der Waals surface area contributed by atoms with Crippen molar-refractivity contribution in [3.8, 4) is 0 Å². The van der Waals surface area contributed by atoms with Gasteiger partial charge in [0.2, 0.25) is 0 Å². The Balaban J connectivity index is 1.98. The molecule has 0 radical (unpaired) electrons. The van der Waals surface area contributed by atoms with Crippen LogP contribution in [-0.2, 0) is 15.7 Å². The van der Waals surface area contributed by atoms with Crippen molar-refractivity contribution < 1.29 is 13.7 Å². The fourth-order valence-corrected chi connectivity index (χ4v) is 4.32. The first kappa shape index (κ1) is 24.3. The van der Waals surface area contributed by atoms with Gasteiger partial charge in [0, 0.05) is 18.1 Å². The van der Waals surface area contributed by atoms with Crippen LogP contribution >= 0.6 is 0 Å². The van der Waals surface area contributed by atoms with Crippen molar-refractivity contribution in [2.24, 2.45) is 11.1 Å². The zero-order valence-corrected chi connectivity index (χ0v) is 19.6. The summed E-state index contributed by atoms with van der Waals surface area (Å²) in [6, 6.07) is 5.43. The third-order valence-electron chi connectivity index (χ3n) is 5.23. The Hall–Kier alpha value is -1.93. The van der Waals surface area contributed by atoms with Gasteiger partial charge in [0.25, 0.3) is 0 Å². The number of hydrogen-bond donors (Lipinski definition) is 2. The number of carbonyl (C=O) groups is 1. The molecule has 168 valence electrons. The van der Waals surface area contributed by atoms with Crippen LogP contribution in [-0.4, -0.2) is 43.9 Å². The summed E-state index contributed by atoms with van der Waals surface area (Å²) < 4.78 is 17.1. The minimum Gasteiger partial charge on any atom is -0.444 e. The lowest BCUT2D eigenvalue weighted by atomic mass is 9.91. The first-order valence-electron chi connectivity index (χ1n) is 10.4. The zero-order valence-electron chi connectivity index (χ0n) is 18.8. The average molecular weight is 437 g/mol. The van der Waals surface area contributed by atoms with E-state index in [2.05, 4.69) is 30.7 Å². The standard InChI is InChI=1S/C22H36N4O3S/c1-7-9-17(24-18-10-8-11-19(25-18)30(23)28)13-12-16-14-22(5,6)26(15-16)20(27)29-21(2,3)4/h7-8,10-11,16-17H,1,9,12-15,23H2,2-6H3,(H,24,25). The van der Waals surface area contributed by atoms with Gasteiger partial charge in [0.1, 0.15) is 27.4 Å². The van der Waals surface area contributed by atoms with E-state index in [-0.39, 0.29) is 17.7 Å². The Morgan fingerprint density at radius 1 is 1.50 bits per heavy atom. The number of nitrogens with zero attached hydrogens (tertiary/aromatic N) is 2. The normalized spacial score (nSPS) is 20.5. The maximum atomic E-state index is 12.6. The first-order valence-corrected chi connectivity index (χ1v) is 11.6. The molecule has 2 heterocycles. The van der Waals surface area contributed by atoms with Gasteiger partial charge in [-0.05, 0) is 78.4 Å². The second kappa shape index (κ2) is 9.92. The summed E-state index contributed by atoms with van der Waals surface area (Å²) in [6.45, 7) is 14.4. The maximum Gasteiger partial charge on any atom is 0.410 e. The number of carbonyl (C=O) groups excluding carboxylic acids is 1. The highest BCUT2D eigenvalue weighted by atomic mass is 32.2. The van der Waals surface area contributed by atoms with Gasteiger partial charge in [-0.15, -0.1) is 6.58 Å². The van der Waals surface area contributed by atoms with Crippen LogP contribution in [0.3, 0.4) is 0 Å². The molecule has 3 unspecified atom stereocenters. The molecule has 7 nitrogen and oxygen atoms in total. The molecule has 2 rings (SSSR count). The van der Waals surface area contributed by atoms with Crippen LogP contribution in [0.15, 0.2) is 35.9 Å². The number of nitrogens with two attached hydrogens (primary N) is 1. The minimum absolute atomic E-state index is 0.148. The molecule has 30 heavy (non-hydrogen) atoms. The molecule has 1 fully saturated rings. The van der Waals surface area contributed by atoms with E-state index >= 15 is 0 Å². The number of amides is 1. The maximum absolute atomic E-state index is 12.6. The van der Waals surface area contributed by atoms with Crippen molar-refractivity contribution in [1.29, 1.82) is 0 Å². The summed E-state index contributed by atoms with van der Waals surface area (Å²) >= 11 is 0. The van der Waals surface area contributed by atoms with Crippen LogP contribution in [0.1, 0.15) is 60.3 Å². The molecule has 0 aromatic carbocycles. The van der Waals surface area contributed by atoms with Gasteiger partial charge >= 0.3 is 6.09 Å². The van der Waals surface area contributed by atoms with Crippen molar-refractivity contribution in [1.82, 2.24) is 9.88 Å². The van der Waals surface area contributed by atoms with Crippen LogP contribution in [0.5, 0.6) is 0 Å². The van der Waals surface area contributed by atoms with Gasteiger partial charge in [-0.2, -0.15) is 0 Å². The molecular weight excluding hydrogens is 400 g/mol. The van der Waals surface area contributed by atoms with E-state index in [1.54, 1.807) is 12.1 Å². The average Bonchev–Trinajstić information content (AvgIpc) is 2.93. The molecule has 8 heteroatoms. The van der Waals surface area contributed by atoms with E-state index in [0.717, 1.165) is 25.7 Å². The number of ether oxygens (including phenoxy) is 1. The predicted octanol–water partition coefficient (Wildman–Crippen LogP) is 4.24. The Bertz CT molecular complexity index is 776. The number of pyridine rings is 1. The predicted molar refractivity (Wildman–Crippen MR) is 121 cm³/mol. The summed E-state index contributed by atoms with van der Waals surface area (Å²) in [7, 11) is -1.61. The molecule has 1 aromatic heterocycles. The molecular formula is C22H36N4O3S. The smallest absolute Gasteiger partial charge is 0.410 e. The van der Waals surface area contributed by atoms with Crippen LogP contribution in [0.25, 0.3) is 0 Å². The third kappa shape index (κ3) is 7.09. The van der Waals surface area contributed by atoms with Crippen LogP contribution in [0, 0.1) is 5.92 Å². The molecule has 1 aliphatic rings. The molecule has 1 saturated heterocycles. The van der Waals surface area contributed by atoms with Gasteiger partial charge in [-0.3, -0.25) is 0 Å². The highest BCUT2D eigenvalue weighted by molar-refractivity contribution is 7.82. The molecule has 3 atom stereocenters. The summed E-state index contributed by atoms with van der Waals surface area (Å²) in [5.74, 6) is 1.05. The molecule has 1 amide bonds. The number of hydrogen-bond acceptors (Lipinski definition) is 5. The van der Waals surface area contributed by atoms with E-state index in [1.165, 1.54) is 0 Å². The quantitative estimate of drug-likeness (QED) is 0.594. The fraction of sp³-hybridized carbons (Fsp3) is 0.636. The van der Waals surface area contributed by atoms with Crippen molar-refractivity contribution in [2.75, 3.05) is 11.9 Å². The summed E-state index contributed by atoms with van der Waals surface area (Å²) in [5.41, 5.74) is -0.728. The summed E-state index contributed by atoms with van der Waals surface area (Å²) in [4.78, 5) is 18.8. The molecule has 1 aromatic rings. The van der Waals surface area contributed by atoms with Crippen molar-refractivity contribution in [2.45, 2.75) is 82.5 Å². The van der Waals surface area contributed by atoms with Crippen LogP contribution in [0.4, 0.5) is 10.6 Å². The highest BCUT2D eigenvalue weighted by Gasteiger charge is 2.42. The van der Waals surface area contributed by atoms with E-state index in [0.29, 0.717) is 23.3 Å². The molecule has 0 spiro atoms. The van der Waals surface area contributed by atoms with Gasteiger partial charge in [0.15, 0.2) is 0 Å². The number of likely N-dealkylation sites (tertiary alicyclic amines) is 1. The molecule has 1 aliphatic heterocycles. The van der Waals surface area contributed by atoms with Crippen LogP contribution in [0.2, 0.25) is 0 Å². The number of anilines is 1. The summed E-state index contributed by atoms with van der Waals surface area (Å²) in [5, 5.41) is 9.20. The SMILES string of the molecule is C=CCC(CCC1CN(C(=O)OC(C)(C)C)C(C)(C)C1)Nc1cccc(S(N)=O)n1. The Morgan fingerprint density at radius 2 is 2.20 bits per heavy atom. The second-order valence-corrected chi connectivity index (χ2v) is 10.6. The fourth-order valence-electron chi connectivity index (χ4n) is 3.92. The molecule has 3 N–H and O–H groups in total. The largest absolute Gasteiger partial charge is 0.444 e. The van der Waals surface area contributed by atoms with Gasteiger partial charge in [-0.25, -0.2) is 19.1 Å². The topological polar surface area (TPSA) is 97.5 Å². The van der Waals surface area contributed by atoms with Gasteiger partial charge in [-0.1, -0.05) is 12.1 Å². The second-order valence-electron chi connectivity index (χ2n) is 9.57. The Labute approximate surface area is 183 Å². The van der Waals surface area contributed by atoms with E-state index < -0.39 is 16.6 Å². The minimum atomic E-state index is -1.61. The lowest BCUT2D eigenvalue weighted by Gasteiger charge is -2.33. The van der Waals surface area contributed by atoms with Crippen molar-refractivity contribution >= 4 is 22.9 Å². The molecule has 0 aliphatic carbocycles. The Morgan fingerprint density at radius 3 is 2.80 bits per heavy atom. The van der Waals surface area contributed by atoms with E-state index in [4.69, 9.17) is 9.88 Å². The highest BCUT2D eigenvalue weighted by Crippen LogP contribution is 2.36. The molecule has 0 saturated carbocycles. The number of aromatic nitrogens is 1. The lowest BCUT2D eigenvalue weighted by molar-refractivity contribution is 0.0131. The van der Waals surface area contributed by atoms with Crippen LogP contribution < -0.4 is 10.5 Å². The third-order valence-corrected chi connectivity index (χ3v) is 5.87. The van der Waals surface area contributed by atoms with Gasteiger partial charge in [0.05, 0.1) is 0 Å². The first-order chi connectivity index (χ1) is 13.9.